The Morgan fingerprint density at radius 2 is 1.75 bits per heavy atom. The molecule has 1 saturated heterocycles. The number of likely N-dealkylation sites (tertiary alicyclic amines) is 1. The Bertz CT molecular complexity index is 398. The zero-order chi connectivity index (χ0) is 14.4. The molecule has 1 aliphatic heterocycles. The molecule has 0 saturated carbocycles. The summed E-state index contributed by atoms with van der Waals surface area (Å²) in [5.74, 6) is 1.03. The van der Waals surface area contributed by atoms with Crippen molar-refractivity contribution >= 4 is 0 Å². The summed E-state index contributed by atoms with van der Waals surface area (Å²) in [5, 5.41) is 0. The van der Waals surface area contributed by atoms with Crippen molar-refractivity contribution in [3.8, 4) is 5.75 Å². The van der Waals surface area contributed by atoms with E-state index in [9.17, 15) is 0 Å². The molecule has 2 atom stereocenters. The molecule has 0 aromatic heterocycles. The average Bonchev–Trinajstić information content (AvgIpc) is 2.48. The van der Waals surface area contributed by atoms with Gasteiger partial charge in [0.25, 0.3) is 0 Å². The normalized spacial score (nSPS) is 19.6. The summed E-state index contributed by atoms with van der Waals surface area (Å²) in [6.45, 7) is 9.24. The van der Waals surface area contributed by atoms with Gasteiger partial charge in [-0.15, -0.1) is 0 Å². The van der Waals surface area contributed by atoms with E-state index in [4.69, 9.17) is 4.74 Å². The SMILES string of the molecule is Cc1ccccc1O[C@@H](C)CC[C@@H](C)N1CCCCC1. The minimum atomic E-state index is 0.295. The number of aryl methyl sites for hydroxylation is 1. The lowest BCUT2D eigenvalue weighted by Crippen LogP contribution is -2.37. The van der Waals surface area contributed by atoms with Gasteiger partial charge in [-0.3, -0.25) is 0 Å². The highest BCUT2D eigenvalue weighted by Gasteiger charge is 2.17. The van der Waals surface area contributed by atoms with Crippen LogP contribution < -0.4 is 4.74 Å². The second-order valence-corrected chi connectivity index (χ2v) is 6.22. The lowest BCUT2D eigenvalue weighted by molar-refractivity contribution is 0.142. The van der Waals surface area contributed by atoms with Crippen LogP contribution in [-0.4, -0.2) is 30.1 Å². The van der Waals surface area contributed by atoms with Crippen LogP contribution in [0.4, 0.5) is 0 Å². The van der Waals surface area contributed by atoms with Crippen molar-refractivity contribution in [3.63, 3.8) is 0 Å². The van der Waals surface area contributed by atoms with E-state index in [1.54, 1.807) is 0 Å². The Balaban J connectivity index is 1.74. The average molecular weight is 275 g/mol. The van der Waals surface area contributed by atoms with Crippen LogP contribution in [-0.2, 0) is 0 Å². The third-order valence-corrected chi connectivity index (χ3v) is 4.43. The first-order valence-corrected chi connectivity index (χ1v) is 8.13. The van der Waals surface area contributed by atoms with Crippen molar-refractivity contribution in [3.05, 3.63) is 29.8 Å². The molecule has 1 aliphatic rings. The lowest BCUT2D eigenvalue weighted by atomic mass is 10.0. The Morgan fingerprint density at radius 3 is 2.45 bits per heavy atom. The molecule has 2 rings (SSSR count). The molecule has 2 nitrogen and oxygen atoms in total. The third-order valence-electron chi connectivity index (χ3n) is 4.43. The summed E-state index contributed by atoms with van der Waals surface area (Å²) >= 11 is 0. The van der Waals surface area contributed by atoms with Crippen molar-refractivity contribution in [1.82, 2.24) is 4.90 Å². The van der Waals surface area contributed by atoms with Crippen molar-refractivity contribution in [2.45, 2.75) is 65.0 Å². The maximum absolute atomic E-state index is 6.06. The Labute approximate surface area is 124 Å². The summed E-state index contributed by atoms with van der Waals surface area (Å²) in [7, 11) is 0. The fourth-order valence-electron chi connectivity index (χ4n) is 2.98. The summed E-state index contributed by atoms with van der Waals surface area (Å²) in [5.41, 5.74) is 1.23. The van der Waals surface area contributed by atoms with Gasteiger partial charge in [0.1, 0.15) is 5.75 Å². The number of benzene rings is 1. The molecule has 0 aliphatic carbocycles. The second kappa shape index (κ2) is 7.68. The second-order valence-electron chi connectivity index (χ2n) is 6.22. The van der Waals surface area contributed by atoms with Crippen LogP contribution in [0.25, 0.3) is 0 Å². The molecular weight excluding hydrogens is 246 g/mol. The summed E-state index contributed by atoms with van der Waals surface area (Å²) < 4.78 is 6.06. The van der Waals surface area contributed by atoms with Crippen LogP contribution in [0.15, 0.2) is 24.3 Å². The minimum Gasteiger partial charge on any atom is -0.490 e. The smallest absolute Gasteiger partial charge is 0.122 e. The molecule has 1 aromatic carbocycles. The molecular formula is C18H29NO. The van der Waals surface area contributed by atoms with Crippen LogP contribution in [0.2, 0.25) is 0 Å². The Morgan fingerprint density at radius 1 is 1.05 bits per heavy atom. The number of rotatable bonds is 6. The topological polar surface area (TPSA) is 12.5 Å². The van der Waals surface area contributed by atoms with Gasteiger partial charge in [-0.05, 0) is 71.2 Å². The van der Waals surface area contributed by atoms with E-state index in [0.717, 1.165) is 12.2 Å². The number of para-hydroxylation sites is 1. The maximum Gasteiger partial charge on any atom is 0.122 e. The minimum absolute atomic E-state index is 0.295. The first-order chi connectivity index (χ1) is 9.66. The van der Waals surface area contributed by atoms with Crippen molar-refractivity contribution in [2.24, 2.45) is 0 Å². The summed E-state index contributed by atoms with van der Waals surface area (Å²) in [4.78, 5) is 2.64. The largest absolute Gasteiger partial charge is 0.490 e. The van der Waals surface area contributed by atoms with Gasteiger partial charge in [-0.25, -0.2) is 0 Å². The highest BCUT2D eigenvalue weighted by molar-refractivity contribution is 5.31. The molecule has 20 heavy (non-hydrogen) atoms. The molecule has 1 aromatic rings. The summed E-state index contributed by atoms with van der Waals surface area (Å²) in [6.07, 6.45) is 6.82. The molecule has 0 unspecified atom stereocenters. The molecule has 0 N–H and O–H groups in total. The van der Waals surface area contributed by atoms with Crippen LogP contribution in [0, 0.1) is 6.92 Å². The first-order valence-electron chi connectivity index (χ1n) is 8.13. The highest BCUT2D eigenvalue weighted by Crippen LogP contribution is 2.21. The van der Waals surface area contributed by atoms with Gasteiger partial charge in [0.05, 0.1) is 6.10 Å². The quantitative estimate of drug-likeness (QED) is 0.762. The Hall–Kier alpha value is -1.02. The third kappa shape index (κ3) is 4.52. The Kier molecular flexibility index (Phi) is 5.90. The molecule has 2 heteroatoms. The first kappa shape index (κ1) is 15.4. The zero-order valence-corrected chi connectivity index (χ0v) is 13.3. The molecule has 0 radical (unpaired) electrons. The predicted octanol–water partition coefficient (Wildman–Crippen LogP) is 4.42. The number of nitrogens with zero attached hydrogens (tertiary/aromatic N) is 1. The van der Waals surface area contributed by atoms with E-state index in [-0.39, 0.29) is 0 Å². The van der Waals surface area contributed by atoms with Gasteiger partial charge in [0, 0.05) is 6.04 Å². The van der Waals surface area contributed by atoms with E-state index < -0.39 is 0 Å². The van der Waals surface area contributed by atoms with Crippen molar-refractivity contribution < 1.29 is 4.74 Å². The van der Waals surface area contributed by atoms with E-state index >= 15 is 0 Å². The van der Waals surface area contributed by atoms with Crippen molar-refractivity contribution in [1.29, 1.82) is 0 Å². The fraction of sp³-hybridized carbons (Fsp3) is 0.667. The van der Waals surface area contributed by atoms with Gasteiger partial charge in [-0.2, -0.15) is 0 Å². The maximum atomic E-state index is 6.06. The number of hydrogen-bond donors (Lipinski definition) is 0. The van der Waals surface area contributed by atoms with Crippen LogP contribution in [0.5, 0.6) is 5.75 Å². The molecule has 1 fully saturated rings. The van der Waals surface area contributed by atoms with Crippen molar-refractivity contribution in [2.75, 3.05) is 13.1 Å². The van der Waals surface area contributed by atoms with Crippen LogP contribution >= 0.6 is 0 Å². The molecule has 0 spiro atoms. The molecule has 0 amide bonds. The van der Waals surface area contributed by atoms with E-state index in [1.165, 1.54) is 44.3 Å². The van der Waals surface area contributed by atoms with E-state index in [2.05, 4.69) is 43.9 Å². The molecule has 112 valence electrons. The van der Waals surface area contributed by atoms with Gasteiger partial charge < -0.3 is 9.64 Å². The van der Waals surface area contributed by atoms with E-state index in [1.807, 2.05) is 6.07 Å². The monoisotopic (exact) mass is 275 g/mol. The molecule has 0 bridgehead atoms. The van der Waals surface area contributed by atoms with Gasteiger partial charge in [-0.1, -0.05) is 24.6 Å². The standard InChI is InChI=1S/C18H29NO/c1-15-9-5-6-10-18(15)20-17(3)12-11-16(2)19-13-7-4-8-14-19/h5-6,9-10,16-17H,4,7-8,11-14H2,1-3H3/t16-,17+/m1/s1. The zero-order valence-electron chi connectivity index (χ0n) is 13.3. The van der Waals surface area contributed by atoms with Gasteiger partial charge in [0.2, 0.25) is 0 Å². The van der Waals surface area contributed by atoms with Crippen LogP contribution in [0.1, 0.15) is 51.5 Å². The number of ether oxygens (including phenoxy) is 1. The van der Waals surface area contributed by atoms with Gasteiger partial charge >= 0.3 is 0 Å². The lowest BCUT2D eigenvalue weighted by Gasteiger charge is -2.33. The van der Waals surface area contributed by atoms with Crippen LogP contribution in [0.3, 0.4) is 0 Å². The summed E-state index contributed by atoms with van der Waals surface area (Å²) in [6, 6.07) is 8.98. The highest BCUT2D eigenvalue weighted by atomic mass is 16.5. The van der Waals surface area contributed by atoms with E-state index in [0.29, 0.717) is 12.1 Å². The van der Waals surface area contributed by atoms with Gasteiger partial charge in [0.15, 0.2) is 0 Å². The molecule has 1 heterocycles. The number of piperidine rings is 1. The predicted molar refractivity (Wildman–Crippen MR) is 85.4 cm³/mol. The fourth-order valence-corrected chi connectivity index (χ4v) is 2.98. The number of hydrogen-bond acceptors (Lipinski definition) is 2.